The van der Waals surface area contributed by atoms with Gasteiger partial charge in [-0.25, -0.2) is 0 Å². The van der Waals surface area contributed by atoms with Gasteiger partial charge in [-0.05, 0) is 100 Å². The monoisotopic (exact) mass is 824 g/mol. The van der Waals surface area contributed by atoms with Crippen LogP contribution in [-0.2, 0) is 33.3 Å². The van der Waals surface area contributed by atoms with Crippen LogP contribution < -0.4 is 0 Å². The largest absolute Gasteiger partial charge is 0.457 e. The van der Waals surface area contributed by atoms with Crippen molar-refractivity contribution < 1.29 is 69.0 Å². The van der Waals surface area contributed by atoms with E-state index < -0.39 is 103 Å². The van der Waals surface area contributed by atoms with Crippen molar-refractivity contribution in [2.75, 3.05) is 6.61 Å². The third-order valence-corrected chi connectivity index (χ3v) is 16.5. The smallest absolute Gasteiger partial charge is 0.303 e. The van der Waals surface area contributed by atoms with E-state index in [0.29, 0.717) is 37.4 Å². The van der Waals surface area contributed by atoms with E-state index in [0.717, 1.165) is 31.3 Å². The summed E-state index contributed by atoms with van der Waals surface area (Å²) < 4.78 is 29.8. The van der Waals surface area contributed by atoms with E-state index in [9.17, 15) is 45.3 Å². The van der Waals surface area contributed by atoms with Crippen molar-refractivity contribution in [2.45, 2.75) is 200 Å². The van der Waals surface area contributed by atoms with Gasteiger partial charge < -0.3 is 59.4 Å². The molecule has 58 heavy (non-hydrogen) atoms. The summed E-state index contributed by atoms with van der Waals surface area (Å²) in [4.78, 5) is 26.5. The van der Waals surface area contributed by atoms with Gasteiger partial charge in [0.1, 0.15) is 42.4 Å². The van der Waals surface area contributed by atoms with E-state index in [4.69, 9.17) is 23.7 Å². The fourth-order valence-corrected chi connectivity index (χ4v) is 12.7. The third kappa shape index (κ3) is 7.56. The summed E-state index contributed by atoms with van der Waals surface area (Å²) in [6, 6.07) is 0. The number of allylic oxidation sites excluding steroid dienone is 1. The Bertz CT molecular complexity index is 1540. The van der Waals surface area contributed by atoms with Gasteiger partial charge in [-0.2, -0.15) is 0 Å². The van der Waals surface area contributed by atoms with E-state index >= 15 is 0 Å². The Morgan fingerprint density at radius 1 is 0.914 bits per heavy atom. The number of fused-ring (bicyclic) bond motifs is 5. The minimum absolute atomic E-state index is 0.0239. The zero-order chi connectivity index (χ0) is 43.1. The van der Waals surface area contributed by atoms with Gasteiger partial charge in [-0.15, -0.1) is 0 Å². The molecule has 3 saturated carbocycles. The molecule has 0 amide bonds. The number of esters is 1. The number of aliphatic hydroxyl groups is 7. The van der Waals surface area contributed by atoms with Crippen LogP contribution in [0.15, 0.2) is 11.6 Å². The predicted octanol–water partition coefficient (Wildman–Crippen LogP) is 2.93. The van der Waals surface area contributed by atoms with Crippen LogP contribution in [0.4, 0.5) is 0 Å². The predicted molar refractivity (Wildman–Crippen MR) is 209 cm³/mol. The van der Waals surface area contributed by atoms with Gasteiger partial charge in [-0.3, -0.25) is 9.59 Å². The Morgan fingerprint density at radius 2 is 1.57 bits per heavy atom. The maximum Gasteiger partial charge on any atom is 0.303 e. The van der Waals surface area contributed by atoms with E-state index in [1.54, 1.807) is 20.8 Å². The fraction of sp³-hybridized carbons (Fsp3) is 0.909. The van der Waals surface area contributed by atoms with Crippen LogP contribution >= 0.6 is 0 Å². The number of hydrogen-bond acceptors (Lipinski definition) is 14. The van der Waals surface area contributed by atoms with Crippen LogP contribution in [0.25, 0.3) is 0 Å². The highest BCUT2D eigenvalue weighted by Crippen LogP contribution is 2.74. The minimum Gasteiger partial charge on any atom is -0.457 e. The van der Waals surface area contributed by atoms with Crippen molar-refractivity contribution in [3.8, 4) is 0 Å². The lowest BCUT2D eigenvalue weighted by molar-refractivity contribution is -0.372. The van der Waals surface area contributed by atoms with Gasteiger partial charge in [0, 0.05) is 24.2 Å². The quantitative estimate of drug-likeness (QED) is 0.118. The van der Waals surface area contributed by atoms with Crippen molar-refractivity contribution in [1.82, 2.24) is 0 Å². The number of carbonyl (C=O) groups is 2. The summed E-state index contributed by atoms with van der Waals surface area (Å²) in [6.07, 6.45) is -7.29. The second-order valence-corrected chi connectivity index (χ2v) is 20.6. The van der Waals surface area contributed by atoms with Crippen LogP contribution in [0, 0.1) is 45.3 Å². The van der Waals surface area contributed by atoms with Crippen molar-refractivity contribution in [3.05, 3.63) is 11.6 Å². The number of hydrogen-bond donors (Lipinski definition) is 7. The Kier molecular flexibility index (Phi) is 12.9. The molecular formula is C44H72O14. The second kappa shape index (κ2) is 16.3. The summed E-state index contributed by atoms with van der Waals surface area (Å²) >= 11 is 0. The summed E-state index contributed by atoms with van der Waals surface area (Å²) in [5.74, 6) is 0.331. The number of rotatable bonds is 11. The van der Waals surface area contributed by atoms with Crippen molar-refractivity contribution >= 4 is 11.8 Å². The molecule has 6 aliphatic rings. The minimum atomic E-state index is -1.70. The first-order valence-corrected chi connectivity index (χ1v) is 21.6. The summed E-state index contributed by atoms with van der Waals surface area (Å²) in [6.45, 7) is 18.7. The van der Waals surface area contributed by atoms with Crippen molar-refractivity contribution in [3.63, 3.8) is 0 Å². The Labute approximate surface area is 343 Å². The molecule has 2 heterocycles. The highest BCUT2D eigenvalue weighted by Gasteiger charge is 2.70. The molecule has 0 aromatic carbocycles. The number of ketones is 1. The lowest BCUT2D eigenvalue weighted by Crippen LogP contribution is -2.65. The van der Waals surface area contributed by atoms with E-state index in [1.807, 2.05) is 0 Å². The molecule has 0 radical (unpaired) electrons. The topological polar surface area (TPSA) is 222 Å². The Hall–Kier alpha value is -1.56. The highest BCUT2D eigenvalue weighted by atomic mass is 16.8. The van der Waals surface area contributed by atoms with Crippen LogP contribution in [-0.4, -0.2) is 133 Å². The SMILES string of the molecule is CC(=O)O[C@@H]1[C@@H](O)[C@@H](O)[C@H](O[C@H]2[C@H](O[C@H]3CC[C@@H]4C(=CC[C@@H]5[C@@]4(C)C(=O)C[C@]4(C)[C@@H]([C@H](C)CC[C@@H](O)C(C)(C)O)CC[C@@]54C)C3(C)C)O[C@H](CO)[C@@H](O)[C@@H]2O)O[C@H]1C. The highest BCUT2D eigenvalue weighted by molar-refractivity contribution is 5.88. The van der Waals surface area contributed by atoms with Crippen LogP contribution in [0.2, 0.25) is 0 Å². The first kappa shape index (κ1) is 46.0. The van der Waals surface area contributed by atoms with Gasteiger partial charge in [0.2, 0.25) is 0 Å². The molecule has 19 atom stereocenters. The standard InChI is InChI=1S/C44H72O14/c1-21(11-15-29(47)41(6,7)53)24-17-18-42(8)28-14-12-25-26(44(28,10)30(48)19-43(24,42)9)13-16-31(40(25,4)5)57-39-37(33(50)32(49)27(20-45)56-39)58-38-35(52)34(51)36(22(2)54-38)55-23(3)46/h12,21-22,24,26-29,31-39,45,47,49-53H,11,13-20H2,1-10H3/t21-,22+,24-,26-,27-,28+,29-,31+,32-,33+,34+,35-,36+,37-,38+,39+,42+,43-,44+/m1/s1. The molecule has 2 saturated heterocycles. The molecule has 332 valence electrons. The lowest BCUT2D eigenvalue weighted by Gasteiger charge is -2.65. The summed E-state index contributed by atoms with van der Waals surface area (Å²) in [5, 5.41) is 75.1. The number of Topliss-reactive ketones (excluding diaryl/α,β-unsaturated/α-hetero) is 1. The molecular weight excluding hydrogens is 752 g/mol. The normalized spacial score (nSPS) is 47.6. The fourth-order valence-electron chi connectivity index (χ4n) is 12.7. The van der Waals surface area contributed by atoms with Gasteiger partial charge in [0.15, 0.2) is 18.7 Å². The van der Waals surface area contributed by atoms with Crippen molar-refractivity contribution in [1.29, 1.82) is 0 Å². The van der Waals surface area contributed by atoms with E-state index in [1.165, 1.54) is 6.92 Å². The Balaban J connectivity index is 1.22. The summed E-state index contributed by atoms with van der Waals surface area (Å²) in [5.41, 5.74) is -1.53. The van der Waals surface area contributed by atoms with Gasteiger partial charge in [-0.1, -0.05) is 53.2 Å². The first-order chi connectivity index (χ1) is 26.8. The Morgan fingerprint density at radius 3 is 2.19 bits per heavy atom. The molecule has 0 bridgehead atoms. The first-order valence-electron chi connectivity index (χ1n) is 21.6. The molecule has 0 aromatic heterocycles. The molecule has 6 rings (SSSR count). The summed E-state index contributed by atoms with van der Waals surface area (Å²) in [7, 11) is 0. The average molecular weight is 825 g/mol. The van der Waals surface area contributed by atoms with Crippen LogP contribution in [0.3, 0.4) is 0 Å². The van der Waals surface area contributed by atoms with E-state index in [-0.39, 0.29) is 28.6 Å². The molecule has 4 aliphatic carbocycles. The molecule has 5 fully saturated rings. The van der Waals surface area contributed by atoms with Crippen LogP contribution in [0.5, 0.6) is 0 Å². The number of ether oxygens (including phenoxy) is 5. The molecule has 0 unspecified atom stereocenters. The van der Waals surface area contributed by atoms with Gasteiger partial charge >= 0.3 is 5.97 Å². The maximum atomic E-state index is 14.9. The number of carbonyl (C=O) groups excluding carboxylic acids is 2. The van der Waals surface area contributed by atoms with Crippen LogP contribution in [0.1, 0.15) is 121 Å². The lowest BCUT2D eigenvalue weighted by atomic mass is 9.38. The molecule has 14 nitrogen and oxygen atoms in total. The zero-order valence-corrected chi connectivity index (χ0v) is 36.2. The number of aliphatic hydroxyl groups excluding tert-OH is 6. The molecule has 0 aromatic rings. The van der Waals surface area contributed by atoms with Gasteiger partial charge in [0.25, 0.3) is 0 Å². The second-order valence-electron chi connectivity index (χ2n) is 20.6. The maximum absolute atomic E-state index is 14.9. The molecule has 14 heteroatoms. The average Bonchev–Trinajstić information content (AvgIpc) is 3.41. The molecule has 0 spiro atoms. The van der Waals surface area contributed by atoms with Gasteiger partial charge in [0.05, 0.1) is 30.5 Å². The molecule has 2 aliphatic heterocycles. The molecule has 7 N–H and O–H groups in total. The third-order valence-electron chi connectivity index (χ3n) is 16.5. The van der Waals surface area contributed by atoms with Crippen molar-refractivity contribution in [2.24, 2.45) is 45.3 Å². The van der Waals surface area contributed by atoms with E-state index in [2.05, 4.69) is 47.6 Å². The zero-order valence-electron chi connectivity index (χ0n) is 36.2.